The van der Waals surface area contributed by atoms with E-state index in [2.05, 4.69) is 24.8 Å². The van der Waals surface area contributed by atoms with Crippen molar-refractivity contribution in [2.45, 2.75) is 39.3 Å². The van der Waals surface area contributed by atoms with Gasteiger partial charge in [-0.2, -0.15) is 0 Å². The molecule has 1 N–H and O–H groups in total. The molecule has 3 atom stereocenters. The summed E-state index contributed by atoms with van der Waals surface area (Å²) in [6.07, 6.45) is 4.33. The third-order valence-corrected chi connectivity index (χ3v) is 6.62. The Hall–Kier alpha value is -1.56. The molecule has 28 heavy (non-hydrogen) atoms. The van der Waals surface area contributed by atoms with Crippen LogP contribution in [0.4, 0.5) is 0 Å². The molecule has 1 saturated carbocycles. The summed E-state index contributed by atoms with van der Waals surface area (Å²) in [5.41, 5.74) is 2.91. The summed E-state index contributed by atoms with van der Waals surface area (Å²) >= 11 is 0. The van der Waals surface area contributed by atoms with Gasteiger partial charge in [-0.05, 0) is 48.8 Å². The van der Waals surface area contributed by atoms with Crippen LogP contribution in [-0.2, 0) is 11.3 Å². The van der Waals surface area contributed by atoms with Gasteiger partial charge in [0, 0.05) is 24.7 Å². The quantitative estimate of drug-likeness (QED) is 0.621. The first kappa shape index (κ1) is 21.2. The van der Waals surface area contributed by atoms with E-state index in [1.54, 1.807) is 14.2 Å². The minimum atomic E-state index is -0.513. The van der Waals surface area contributed by atoms with Crippen molar-refractivity contribution in [1.29, 1.82) is 0 Å². The van der Waals surface area contributed by atoms with Crippen molar-refractivity contribution in [2.75, 3.05) is 41.0 Å². The molecule has 3 aliphatic rings. The van der Waals surface area contributed by atoms with Crippen LogP contribution in [0, 0.1) is 17.3 Å². The summed E-state index contributed by atoms with van der Waals surface area (Å²) < 4.78 is 16.6. The number of fused-ring (bicyclic) bond motifs is 1. The highest BCUT2D eigenvalue weighted by Gasteiger charge is 2.50. The Labute approximate surface area is 169 Å². The normalized spacial score (nSPS) is 23.8. The highest BCUT2D eigenvalue weighted by atomic mass is 16.5. The average Bonchev–Trinajstić information content (AvgIpc) is 2.68. The fourth-order valence-electron chi connectivity index (χ4n) is 4.70. The lowest BCUT2D eigenvalue weighted by Crippen LogP contribution is -2.48. The molecule has 5 heteroatoms. The van der Waals surface area contributed by atoms with E-state index < -0.39 is 6.10 Å². The van der Waals surface area contributed by atoms with Gasteiger partial charge < -0.3 is 19.3 Å². The van der Waals surface area contributed by atoms with Gasteiger partial charge >= 0.3 is 0 Å². The van der Waals surface area contributed by atoms with Gasteiger partial charge in [0.2, 0.25) is 0 Å². The maximum absolute atomic E-state index is 10.4. The van der Waals surface area contributed by atoms with E-state index in [1.807, 2.05) is 25.2 Å². The SMILES string of the molecule is COc1ccc(CN(C)CC(O)COCC2=CCC3CC2C3(C)C)c(OC)c1. The molecule has 0 spiro atoms. The van der Waals surface area contributed by atoms with Gasteiger partial charge in [0.15, 0.2) is 0 Å². The Morgan fingerprint density at radius 3 is 2.68 bits per heavy atom. The second-order valence-electron chi connectivity index (χ2n) is 8.86. The average molecular weight is 390 g/mol. The minimum Gasteiger partial charge on any atom is -0.497 e. The molecule has 3 unspecified atom stereocenters. The van der Waals surface area contributed by atoms with Gasteiger partial charge in [-0.3, -0.25) is 4.90 Å². The number of rotatable bonds is 10. The molecule has 0 aromatic heterocycles. The number of allylic oxidation sites excluding steroid dienone is 1. The van der Waals surface area contributed by atoms with Crippen LogP contribution in [0.5, 0.6) is 11.5 Å². The van der Waals surface area contributed by atoms with E-state index in [4.69, 9.17) is 14.2 Å². The van der Waals surface area contributed by atoms with Gasteiger partial charge in [0.05, 0.1) is 33.5 Å². The van der Waals surface area contributed by atoms with Crippen LogP contribution < -0.4 is 9.47 Å². The standard InChI is InChI=1S/C23H35NO4/c1-23(2)18-8-6-17(21(23)10-18)14-28-15-19(25)13-24(3)12-16-7-9-20(26-4)11-22(16)27-5/h6-7,9,11,18-19,21,25H,8,10,12-15H2,1-5H3. The molecular formula is C23H35NO4. The molecule has 0 heterocycles. The first-order valence-corrected chi connectivity index (χ1v) is 10.2. The van der Waals surface area contributed by atoms with Gasteiger partial charge in [-0.25, -0.2) is 0 Å². The van der Waals surface area contributed by atoms with Crippen LogP contribution in [0.2, 0.25) is 0 Å². The maximum atomic E-state index is 10.4. The van der Waals surface area contributed by atoms with Gasteiger partial charge in [-0.1, -0.05) is 26.0 Å². The third kappa shape index (κ3) is 4.53. The van der Waals surface area contributed by atoms with Crippen LogP contribution in [0.1, 0.15) is 32.3 Å². The molecule has 1 fully saturated rings. The van der Waals surface area contributed by atoms with Crippen LogP contribution in [0.3, 0.4) is 0 Å². The highest BCUT2D eigenvalue weighted by Crippen LogP contribution is 2.59. The fourth-order valence-corrected chi connectivity index (χ4v) is 4.70. The molecule has 0 saturated heterocycles. The molecule has 1 aromatic rings. The zero-order valence-electron chi connectivity index (χ0n) is 17.9. The Morgan fingerprint density at radius 2 is 2.04 bits per heavy atom. The lowest BCUT2D eigenvalue weighted by atomic mass is 9.49. The monoisotopic (exact) mass is 389 g/mol. The molecule has 5 nitrogen and oxygen atoms in total. The number of ether oxygens (including phenoxy) is 3. The van der Waals surface area contributed by atoms with Crippen molar-refractivity contribution in [1.82, 2.24) is 4.90 Å². The van der Waals surface area contributed by atoms with Gasteiger partial charge in [0.25, 0.3) is 0 Å². The first-order valence-electron chi connectivity index (χ1n) is 10.2. The first-order chi connectivity index (χ1) is 13.3. The number of likely N-dealkylation sites (N-methyl/N-ethyl adjacent to an activating group) is 1. The third-order valence-electron chi connectivity index (χ3n) is 6.62. The fraction of sp³-hybridized carbons (Fsp3) is 0.652. The summed E-state index contributed by atoms with van der Waals surface area (Å²) in [7, 11) is 5.30. The molecule has 2 bridgehead atoms. The van der Waals surface area contributed by atoms with E-state index in [9.17, 15) is 5.11 Å². The van der Waals surface area contributed by atoms with Crippen molar-refractivity contribution in [3.63, 3.8) is 0 Å². The predicted molar refractivity (Wildman–Crippen MR) is 111 cm³/mol. The predicted octanol–water partition coefficient (Wildman–Crippen LogP) is 3.51. The summed E-state index contributed by atoms with van der Waals surface area (Å²) in [5.74, 6) is 3.07. The zero-order valence-corrected chi connectivity index (χ0v) is 17.9. The number of aliphatic hydroxyl groups is 1. The molecule has 1 aromatic carbocycles. The van der Waals surface area contributed by atoms with Crippen molar-refractivity contribution < 1.29 is 19.3 Å². The number of methoxy groups -OCH3 is 2. The number of aliphatic hydroxyl groups excluding tert-OH is 1. The summed E-state index contributed by atoms with van der Waals surface area (Å²) in [6, 6.07) is 5.81. The van der Waals surface area contributed by atoms with E-state index in [1.165, 1.54) is 18.4 Å². The van der Waals surface area contributed by atoms with Crippen LogP contribution in [0.25, 0.3) is 0 Å². The van der Waals surface area contributed by atoms with E-state index in [-0.39, 0.29) is 0 Å². The molecule has 3 aliphatic carbocycles. The van der Waals surface area contributed by atoms with Crippen LogP contribution >= 0.6 is 0 Å². The summed E-state index contributed by atoms with van der Waals surface area (Å²) in [6.45, 7) is 6.98. The number of hydrogen-bond donors (Lipinski definition) is 1. The minimum absolute atomic E-state index is 0.359. The Bertz CT molecular complexity index is 700. The van der Waals surface area contributed by atoms with Crippen molar-refractivity contribution in [3.05, 3.63) is 35.4 Å². The highest BCUT2D eigenvalue weighted by molar-refractivity contribution is 5.40. The van der Waals surface area contributed by atoms with Crippen LogP contribution in [-0.4, -0.2) is 57.1 Å². The number of hydrogen-bond acceptors (Lipinski definition) is 5. The molecule has 0 amide bonds. The lowest BCUT2D eigenvalue weighted by Gasteiger charge is -2.56. The Morgan fingerprint density at radius 1 is 1.25 bits per heavy atom. The van der Waals surface area contributed by atoms with E-state index in [0.29, 0.717) is 37.6 Å². The van der Waals surface area contributed by atoms with E-state index >= 15 is 0 Å². The van der Waals surface area contributed by atoms with Crippen molar-refractivity contribution in [3.8, 4) is 11.5 Å². The molecule has 0 radical (unpaired) electrons. The second kappa shape index (κ2) is 8.85. The second-order valence-corrected chi connectivity index (χ2v) is 8.86. The van der Waals surface area contributed by atoms with Crippen molar-refractivity contribution in [2.24, 2.45) is 17.3 Å². The topological polar surface area (TPSA) is 51.2 Å². The Kier molecular flexibility index (Phi) is 6.69. The van der Waals surface area contributed by atoms with Gasteiger partial charge in [-0.15, -0.1) is 0 Å². The summed E-state index contributed by atoms with van der Waals surface area (Å²) in [4.78, 5) is 2.08. The molecule has 0 aliphatic heterocycles. The van der Waals surface area contributed by atoms with Gasteiger partial charge in [0.1, 0.15) is 11.5 Å². The number of benzene rings is 1. The summed E-state index contributed by atoms with van der Waals surface area (Å²) in [5, 5.41) is 10.4. The smallest absolute Gasteiger partial charge is 0.127 e. The largest absolute Gasteiger partial charge is 0.497 e. The lowest BCUT2D eigenvalue weighted by molar-refractivity contribution is -0.0257. The molecule has 4 rings (SSSR count). The molecular weight excluding hydrogens is 354 g/mol. The molecule has 156 valence electrons. The zero-order chi connectivity index (χ0) is 20.3. The maximum Gasteiger partial charge on any atom is 0.127 e. The van der Waals surface area contributed by atoms with E-state index in [0.717, 1.165) is 23.0 Å². The number of nitrogens with zero attached hydrogens (tertiary/aromatic N) is 1. The van der Waals surface area contributed by atoms with Crippen LogP contribution in [0.15, 0.2) is 29.8 Å². The van der Waals surface area contributed by atoms with Crippen molar-refractivity contribution >= 4 is 0 Å². The Balaban J connectivity index is 1.42.